The first kappa shape index (κ1) is 9.72. The zero-order valence-corrected chi connectivity index (χ0v) is 9.07. The Morgan fingerprint density at radius 1 is 1.44 bits per heavy atom. The van der Waals surface area contributed by atoms with Gasteiger partial charge in [0.25, 0.3) is 0 Å². The Bertz CT molecular complexity index is 369. The Hall–Kier alpha value is -1.49. The van der Waals surface area contributed by atoms with Crippen molar-refractivity contribution < 1.29 is 4.79 Å². The van der Waals surface area contributed by atoms with E-state index in [0.717, 1.165) is 31.6 Å². The second kappa shape index (κ2) is 3.83. The van der Waals surface area contributed by atoms with Crippen molar-refractivity contribution >= 4 is 6.03 Å². The van der Waals surface area contributed by atoms with Crippen LogP contribution in [0.15, 0.2) is 18.5 Å². The van der Waals surface area contributed by atoms with Crippen molar-refractivity contribution in [2.45, 2.75) is 18.5 Å². The number of amides is 2. The summed E-state index contributed by atoms with van der Waals surface area (Å²) in [7, 11) is 0. The van der Waals surface area contributed by atoms with Gasteiger partial charge < -0.3 is 20.5 Å². The van der Waals surface area contributed by atoms with E-state index in [1.54, 1.807) is 0 Å². The van der Waals surface area contributed by atoms with Crippen LogP contribution >= 0.6 is 0 Å². The van der Waals surface area contributed by atoms with Gasteiger partial charge in [-0.2, -0.15) is 0 Å². The molecule has 16 heavy (non-hydrogen) atoms. The molecule has 3 rings (SSSR count). The monoisotopic (exact) mass is 220 g/mol. The summed E-state index contributed by atoms with van der Waals surface area (Å²) in [5.41, 5.74) is 1.15. The number of hydrogen-bond acceptors (Lipinski definition) is 2. The topological polar surface area (TPSA) is 60.2 Å². The van der Waals surface area contributed by atoms with Gasteiger partial charge in [-0.25, -0.2) is 4.79 Å². The number of rotatable bonds is 2. The van der Waals surface area contributed by atoms with Gasteiger partial charge in [0.15, 0.2) is 0 Å². The molecule has 2 amide bonds. The molecule has 5 heteroatoms. The lowest BCUT2D eigenvalue weighted by molar-refractivity contribution is 0.201. The van der Waals surface area contributed by atoms with E-state index in [4.69, 9.17) is 0 Å². The summed E-state index contributed by atoms with van der Waals surface area (Å²) in [5.74, 6) is 0. The van der Waals surface area contributed by atoms with E-state index in [9.17, 15) is 4.79 Å². The molecule has 1 aromatic heterocycles. The third-order valence-electron chi connectivity index (χ3n) is 3.44. The summed E-state index contributed by atoms with van der Waals surface area (Å²) >= 11 is 0. The van der Waals surface area contributed by atoms with E-state index in [1.165, 1.54) is 0 Å². The minimum Gasteiger partial charge on any atom is -0.367 e. The lowest BCUT2D eigenvalue weighted by Gasteiger charge is -2.21. The normalized spacial score (nSPS) is 29.8. The molecule has 2 aliphatic rings. The van der Waals surface area contributed by atoms with E-state index in [2.05, 4.69) is 15.6 Å². The predicted octanol–water partition coefficient (Wildman–Crippen LogP) is 0.443. The molecule has 3 N–H and O–H groups in total. The van der Waals surface area contributed by atoms with Crippen LogP contribution in [0.2, 0.25) is 0 Å². The van der Waals surface area contributed by atoms with E-state index in [0.29, 0.717) is 6.04 Å². The van der Waals surface area contributed by atoms with Crippen LogP contribution in [0.1, 0.15) is 18.0 Å². The maximum atomic E-state index is 11.8. The molecule has 3 heterocycles. The van der Waals surface area contributed by atoms with Gasteiger partial charge in [-0.15, -0.1) is 0 Å². The minimum atomic E-state index is 0.0694. The minimum absolute atomic E-state index is 0.0694. The average molecular weight is 220 g/mol. The van der Waals surface area contributed by atoms with Gasteiger partial charge >= 0.3 is 6.03 Å². The molecule has 0 aliphatic carbocycles. The number of aromatic nitrogens is 1. The molecule has 86 valence electrons. The highest BCUT2D eigenvalue weighted by Crippen LogP contribution is 2.23. The lowest BCUT2D eigenvalue weighted by Crippen LogP contribution is -2.39. The van der Waals surface area contributed by atoms with Gasteiger partial charge in [0, 0.05) is 31.5 Å². The fourth-order valence-corrected chi connectivity index (χ4v) is 2.52. The van der Waals surface area contributed by atoms with Gasteiger partial charge in [-0.05, 0) is 24.6 Å². The fourth-order valence-electron chi connectivity index (χ4n) is 2.52. The van der Waals surface area contributed by atoms with Gasteiger partial charge in [0.1, 0.15) is 0 Å². The van der Waals surface area contributed by atoms with Gasteiger partial charge in [0.2, 0.25) is 0 Å². The van der Waals surface area contributed by atoms with E-state index >= 15 is 0 Å². The van der Waals surface area contributed by atoms with Crippen LogP contribution in [0.3, 0.4) is 0 Å². The maximum absolute atomic E-state index is 11.8. The first-order valence-corrected chi connectivity index (χ1v) is 5.75. The third kappa shape index (κ3) is 1.57. The Balaban J connectivity index is 1.72. The largest absolute Gasteiger partial charge is 0.367 e. The molecule has 0 radical (unpaired) electrons. The zero-order valence-electron chi connectivity index (χ0n) is 9.07. The van der Waals surface area contributed by atoms with Crippen molar-refractivity contribution in [3.63, 3.8) is 0 Å². The number of carbonyl (C=O) groups excluding carboxylic acids is 1. The van der Waals surface area contributed by atoms with Crippen LogP contribution in [-0.4, -0.2) is 41.6 Å². The van der Waals surface area contributed by atoms with Crippen molar-refractivity contribution in [3.05, 3.63) is 24.0 Å². The van der Waals surface area contributed by atoms with E-state index in [-0.39, 0.29) is 12.1 Å². The predicted molar refractivity (Wildman–Crippen MR) is 60.0 cm³/mol. The lowest BCUT2D eigenvalue weighted by atomic mass is 10.1. The van der Waals surface area contributed by atoms with Crippen molar-refractivity contribution in [3.8, 4) is 0 Å². The number of aromatic amines is 1. The second-order valence-electron chi connectivity index (χ2n) is 4.45. The van der Waals surface area contributed by atoms with Gasteiger partial charge in [-0.1, -0.05) is 0 Å². The van der Waals surface area contributed by atoms with Crippen LogP contribution < -0.4 is 10.6 Å². The van der Waals surface area contributed by atoms with Crippen molar-refractivity contribution in [1.82, 2.24) is 20.5 Å². The first-order valence-electron chi connectivity index (χ1n) is 5.75. The first-order chi connectivity index (χ1) is 7.84. The molecule has 2 unspecified atom stereocenters. The number of hydrogen-bond donors (Lipinski definition) is 3. The fraction of sp³-hybridized carbons (Fsp3) is 0.545. The Labute approximate surface area is 94.2 Å². The Morgan fingerprint density at radius 2 is 2.38 bits per heavy atom. The van der Waals surface area contributed by atoms with Gasteiger partial charge in [-0.3, -0.25) is 0 Å². The van der Waals surface area contributed by atoms with Crippen molar-refractivity contribution in [2.75, 3.05) is 19.6 Å². The smallest absolute Gasteiger partial charge is 0.318 e. The third-order valence-corrected chi connectivity index (χ3v) is 3.44. The average Bonchev–Trinajstić information content (AvgIpc) is 2.97. The van der Waals surface area contributed by atoms with Gasteiger partial charge in [0.05, 0.1) is 6.04 Å². The highest BCUT2D eigenvalue weighted by Gasteiger charge is 2.35. The molecule has 2 saturated heterocycles. The van der Waals surface area contributed by atoms with Crippen LogP contribution in [0.25, 0.3) is 0 Å². The number of carbonyl (C=O) groups is 1. The molecule has 0 saturated carbocycles. The van der Waals surface area contributed by atoms with E-state index < -0.39 is 0 Å². The molecule has 2 fully saturated rings. The molecular formula is C11H16N4O. The Kier molecular flexibility index (Phi) is 2.32. The molecular weight excluding hydrogens is 204 g/mol. The molecule has 2 aliphatic heterocycles. The Morgan fingerprint density at radius 3 is 3.06 bits per heavy atom. The van der Waals surface area contributed by atoms with Crippen molar-refractivity contribution in [2.24, 2.45) is 0 Å². The molecule has 0 spiro atoms. The zero-order chi connectivity index (χ0) is 11.0. The maximum Gasteiger partial charge on any atom is 0.318 e. The molecule has 0 aromatic carbocycles. The SMILES string of the molecule is O=C1NC(c2cc[nH]c2)CN1C1CCNC1. The molecule has 1 aromatic rings. The molecule has 5 nitrogen and oxygen atoms in total. The number of urea groups is 1. The number of nitrogens with one attached hydrogen (secondary N) is 3. The summed E-state index contributed by atoms with van der Waals surface area (Å²) in [6.45, 7) is 2.72. The summed E-state index contributed by atoms with van der Waals surface area (Å²) in [5, 5.41) is 6.31. The van der Waals surface area contributed by atoms with Crippen LogP contribution in [0, 0.1) is 0 Å². The molecule has 2 atom stereocenters. The summed E-state index contributed by atoms with van der Waals surface area (Å²) in [6, 6.07) is 2.59. The van der Waals surface area contributed by atoms with Crippen molar-refractivity contribution in [1.29, 1.82) is 0 Å². The van der Waals surface area contributed by atoms with Crippen LogP contribution in [0.4, 0.5) is 4.79 Å². The second-order valence-corrected chi connectivity index (χ2v) is 4.45. The summed E-state index contributed by atoms with van der Waals surface area (Å²) < 4.78 is 0. The summed E-state index contributed by atoms with van der Waals surface area (Å²) in [4.78, 5) is 16.8. The number of H-pyrrole nitrogens is 1. The van der Waals surface area contributed by atoms with Crippen LogP contribution in [-0.2, 0) is 0 Å². The number of nitrogens with zero attached hydrogens (tertiary/aromatic N) is 1. The van der Waals surface area contributed by atoms with E-state index in [1.807, 2.05) is 23.4 Å². The highest BCUT2D eigenvalue weighted by molar-refractivity contribution is 5.77. The standard InChI is InChI=1S/C11H16N4O/c16-11-14-10(8-1-3-12-5-8)7-15(11)9-2-4-13-6-9/h1,3,5,9-10,12-13H,2,4,6-7H2,(H,14,16). The van der Waals surface area contributed by atoms with Crippen LogP contribution in [0.5, 0.6) is 0 Å². The molecule has 0 bridgehead atoms. The highest BCUT2D eigenvalue weighted by atomic mass is 16.2. The summed E-state index contributed by atoms with van der Waals surface area (Å²) in [6.07, 6.45) is 4.90. The quantitative estimate of drug-likeness (QED) is 0.677.